The van der Waals surface area contributed by atoms with Gasteiger partial charge in [0.05, 0.1) is 19.3 Å². The van der Waals surface area contributed by atoms with Crippen LogP contribution in [0, 0.1) is 17.6 Å². The number of imide groups is 1. The minimum Gasteiger partial charge on any atom is -0.389 e. The van der Waals surface area contributed by atoms with Crippen molar-refractivity contribution in [2.45, 2.75) is 37.5 Å². The number of nitrogens with zero attached hydrogens (tertiary/aromatic N) is 1. The molecule has 0 bridgehead atoms. The van der Waals surface area contributed by atoms with Crippen molar-refractivity contribution in [2.75, 3.05) is 13.2 Å². The van der Waals surface area contributed by atoms with Gasteiger partial charge in [0, 0.05) is 0 Å². The third-order valence-corrected chi connectivity index (χ3v) is 5.89. The fourth-order valence-electron chi connectivity index (χ4n) is 3.95. The number of urea groups is 1. The molecule has 1 saturated carbocycles. The van der Waals surface area contributed by atoms with Crippen molar-refractivity contribution in [1.82, 2.24) is 10.2 Å². The van der Waals surface area contributed by atoms with Gasteiger partial charge in [-0.2, -0.15) is 0 Å². The van der Waals surface area contributed by atoms with E-state index in [1.165, 1.54) is 24.3 Å². The molecule has 2 unspecified atom stereocenters. The van der Waals surface area contributed by atoms with Gasteiger partial charge in [-0.15, -0.1) is 0 Å². The van der Waals surface area contributed by atoms with Gasteiger partial charge in [0.2, 0.25) is 0 Å². The second-order valence-electron chi connectivity index (χ2n) is 8.29. The highest BCUT2D eigenvalue weighted by atomic mass is 19.1. The Morgan fingerprint density at radius 1 is 1.06 bits per heavy atom. The van der Waals surface area contributed by atoms with Crippen LogP contribution < -0.4 is 5.32 Å². The van der Waals surface area contributed by atoms with E-state index in [2.05, 4.69) is 5.32 Å². The number of benzene rings is 2. The highest BCUT2D eigenvalue weighted by Crippen LogP contribution is 2.42. The molecule has 2 N–H and O–H groups in total. The lowest BCUT2D eigenvalue weighted by atomic mass is 9.96. The van der Waals surface area contributed by atoms with Crippen molar-refractivity contribution >= 4 is 11.9 Å². The number of aliphatic hydroxyl groups is 1. The van der Waals surface area contributed by atoms with Crippen molar-refractivity contribution in [2.24, 2.45) is 5.92 Å². The molecule has 3 amide bonds. The zero-order valence-electron chi connectivity index (χ0n) is 17.1. The summed E-state index contributed by atoms with van der Waals surface area (Å²) in [5, 5.41) is 13.2. The van der Waals surface area contributed by atoms with E-state index in [1.807, 2.05) is 0 Å². The second-order valence-corrected chi connectivity index (χ2v) is 8.29. The molecule has 6 nitrogen and oxygen atoms in total. The fourth-order valence-corrected chi connectivity index (χ4v) is 3.95. The fraction of sp³-hybridized carbons (Fsp3) is 0.391. The summed E-state index contributed by atoms with van der Waals surface area (Å²) in [4.78, 5) is 26.0. The Labute approximate surface area is 178 Å². The highest BCUT2D eigenvalue weighted by molar-refractivity contribution is 6.07. The molecule has 1 saturated heterocycles. The predicted molar refractivity (Wildman–Crippen MR) is 108 cm³/mol. The van der Waals surface area contributed by atoms with Crippen LogP contribution in [0.15, 0.2) is 48.5 Å². The number of β-amino-alcohol motifs (C(OH)–C–C–N with tert-alkyl or cyclic N) is 1. The number of rotatable bonds is 8. The number of carbonyl (C=O) groups excluding carboxylic acids is 2. The first-order valence-corrected chi connectivity index (χ1v) is 10.2. The summed E-state index contributed by atoms with van der Waals surface area (Å²) >= 11 is 0. The van der Waals surface area contributed by atoms with E-state index in [0.717, 1.165) is 17.7 Å². The van der Waals surface area contributed by atoms with E-state index in [9.17, 15) is 23.5 Å². The molecule has 0 spiro atoms. The first-order valence-electron chi connectivity index (χ1n) is 10.2. The third-order valence-electron chi connectivity index (χ3n) is 5.89. The highest BCUT2D eigenvalue weighted by Gasteiger charge is 2.56. The van der Waals surface area contributed by atoms with E-state index in [4.69, 9.17) is 4.74 Å². The van der Waals surface area contributed by atoms with E-state index in [1.54, 1.807) is 31.2 Å². The monoisotopic (exact) mass is 430 g/mol. The number of ether oxygens (including phenoxy) is 1. The van der Waals surface area contributed by atoms with Crippen LogP contribution in [0.2, 0.25) is 0 Å². The number of carbonyl (C=O) groups is 2. The average molecular weight is 430 g/mol. The van der Waals surface area contributed by atoms with Crippen molar-refractivity contribution in [3.63, 3.8) is 0 Å². The van der Waals surface area contributed by atoms with Crippen LogP contribution in [0.1, 0.15) is 37.0 Å². The van der Waals surface area contributed by atoms with Gasteiger partial charge in [-0.3, -0.25) is 9.69 Å². The molecule has 164 valence electrons. The first kappa shape index (κ1) is 21.4. The zero-order chi connectivity index (χ0) is 22.2. The number of halogens is 2. The standard InChI is InChI=1S/C23H24F2N2O4/c1-23(16-6-7-16)21(29)27(22(30)26-23)12-19(28)13-31-20(14-2-8-17(24)9-3-14)15-4-10-18(25)11-5-15/h2-5,8-11,16,19-20,28H,6-7,12-13H2,1H3,(H,26,30). The lowest BCUT2D eigenvalue weighted by Gasteiger charge is -2.24. The molecule has 1 heterocycles. The average Bonchev–Trinajstić information content (AvgIpc) is 3.57. The smallest absolute Gasteiger partial charge is 0.325 e. The van der Waals surface area contributed by atoms with Gasteiger partial charge in [-0.1, -0.05) is 24.3 Å². The van der Waals surface area contributed by atoms with Crippen molar-refractivity contribution in [3.05, 3.63) is 71.3 Å². The molecule has 2 atom stereocenters. The normalized spacial score (nSPS) is 22.2. The van der Waals surface area contributed by atoms with E-state index >= 15 is 0 Å². The molecule has 31 heavy (non-hydrogen) atoms. The summed E-state index contributed by atoms with van der Waals surface area (Å²) in [6.45, 7) is 1.33. The Hall–Kier alpha value is -2.84. The Bertz CT molecular complexity index is 917. The number of aliphatic hydroxyl groups excluding tert-OH is 1. The second kappa shape index (κ2) is 8.36. The Balaban J connectivity index is 1.44. The predicted octanol–water partition coefficient (Wildman–Crippen LogP) is 3.15. The van der Waals surface area contributed by atoms with E-state index in [0.29, 0.717) is 11.1 Å². The summed E-state index contributed by atoms with van der Waals surface area (Å²) in [6, 6.07) is 10.8. The van der Waals surface area contributed by atoms with Gasteiger partial charge >= 0.3 is 6.03 Å². The first-order chi connectivity index (χ1) is 14.8. The van der Waals surface area contributed by atoms with Crippen LogP contribution in [0.4, 0.5) is 13.6 Å². The van der Waals surface area contributed by atoms with Gasteiger partial charge in [0.15, 0.2) is 0 Å². The molecule has 0 radical (unpaired) electrons. The molecule has 2 aromatic carbocycles. The summed E-state index contributed by atoms with van der Waals surface area (Å²) in [5.74, 6) is -1.02. The summed E-state index contributed by atoms with van der Waals surface area (Å²) in [7, 11) is 0. The van der Waals surface area contributed by atoms with Crippen LogP contribution in [-0.2, 0) is 9.53 Å². The summed E-state index contributed by atoms with van der Waals surface area (Å²) in [6.07, 6.45) is -0.0340. The van der Waals surface area contributed by atoms with Crippen LogP contribution >= 0.6 is 0 Å². The topological polar surface area (TPSA) is 78.9 Å². The Morgan fingerprint density at radius 3 is 2.06 bits per heavy atom. The SMILES string of the molecule is CC1(C2CC2)NC(=O)N(CC(O)COC(c2ccc(F)cc2)c2ccc(F)cc2)C1=O. The van der Waals surface area contributed by atoms with Gasteiger partial charge in [-0.05, 0) is 61.1 Å². The number of nitrogens with one attached hydrogen (secondary N) is 1. The maximum Gasteiger partial charge on any atom is 0.325 e. The van der Waals surface area contributed by atoms with E-state index < -0.39 is 35.4 Å². The molecule has 1 aliphatic heterocycles. The van der Waals surface area contributed by atoms with Crippen LogP contribution in [0.25, 0.3) is 0 Å². The van der Waals surface area contributed by atoms with Gasteiger partial charge in [0.1, 0.15) is 23.3 Å². The van der Waals surface area contributed by atoms with Gasteiger partial charge in [-0.25, -0.2) is 13.6 Å². The minimum atomic E-state index is -1.13. The third kappa shape index (κ3) is 4.45. The lowest BCUT2D eigenvalue weighted by molar-refractivity contribution is -0.132. The maximum absolute atomic E-state index is 13.3. The molecular weight excluding hydrogens is 406 g/mol. The van der Waals surface area contributed by atoms with Crippen LogP contribution in [-0.4, -0.2) is 46.7 Å². The molecule has 2 aromatic rings. The molecule has 8 heteroatoms. The molecule has 2 fully saturated rings. The largest absolute Gasteiger partial charge is 0.389 e. The Kier molecular flexibility index (Phi) is 5.77. The van der Waals surface area contributed by atoms with Crippen molar-refractivity contribution < 1.29 is 28.2 Å². The lowest BCUT2D eigenvalue weighted by Crippen LogP contribution is -2.46. The van der Waals surface area contributed by atoms with Gasteiger partial charge < -0.3 is 15.2 Å². The molecule has 0 aromatic heterocycles. The Morgan fingerprint density at radius 2 is 1.58 bits per heavy atom. The zero-order valence-corrected chi connectivity index (χ0v) is 17.1. The van der Waals surface area contributed by atoms with Crippen LogP contribution in [0.5, 0.6) is 0 Å². The van der Waals surface area contributed by atoms with Crippen molar-refractivity contribution in [1.29, 1.82) is 0 Å². The van der Waals surface area contributed by atoms with E-state index in [-0.39, 0.29) is 25.0 Å². The number of amides is 3. The van der Waals surface area contributed by atoms with Gasteiger partial charge in [0.25, 0.3) is 5.91 Å². The summed E-state index contributed by atoms with van der Waals surface area (Å²) < 4.78 is 32.6. The maximum atomic E-state index is 13.3. The minimum absolute atomic E-state index is 0.128. The summed E-state index contributed by atoms with van der Waals surface area (Å²) in [5.41, 5.74) is 0.329. The molecule has 1 aliphatic carbocycles. The molecule has 2 aliphatic rings. The number of hydrogen-bond donors (Lipinski definition) is 2. The van der Waals surface area contributed by atoms with Crippen molar-refractivity contribution in [3.8, 4) is 0 Å². The number of hydrogen-bond acceptors (Lipinski definition) is 4. The molecule has 4 rings (SSSR count). The van der Waals surface area contributed by atoms with Crippen LogP contribution in [0.3, 0.4) is 0 Å². The molecular formula is C23H24F2N2O4. The quantitative estimate of drug-likeness (QED) is 0.631.